The number of rotatable bonds is 8. The summed E-state index contributed by atoms with van der Waals surface area (Å²) in [5.41, 5.74) is 0.875. The van der Waals surface area contributed by atoms with Crippen molar-refractivity contribution in [2.75, 3.05) is 11.9 Å². The van der Waals surface area contributed by atoms with Crippen molar-refractivity contribution in [3.8, 4) is 0 Å². The first-order chi connectivity index (χ1) is 10.7. The van der Waals surface area contributed by atoms with Crippen molar-refractivity contribution in [3.05, 3.63) is 51.7 Å². The van der Waals surface area contributed by atoms with Gasteiger partial charge in [0.05, 0.1) is 0 Å². The summed E-state index contributed by atoms with van der Waals surface area (Å²) in [6.07, 6.45) is 4.92. The molecule has 0 aliphatic rings. The summed E-state index contributed by atoms with van der Waals surface area (Å²) in [6, 6.07) is 6.00. The zero-order chi connectivity index (χ0) is 15.8. The second kappa shape index (κ2) is 8.26. The SMILES string of the molecule is CCCCCCNc1nnc(Cc2ccc(F)cc2)c(=O)[nH]1. The second-order valence-corrected chi connectivity index (χ2v) is 5.24. The number of nitrogens with one attached hydrogen (secondary N) is 2. The van der Waals surface area contributed by atoms with E-state index < -0.39 is 0 Å². The van der Waals surface area contributed by atoms with Crippen LogP contribution in [0.1, 0.15) is 43.9 Å². The van der Waals surface area contributed by atoms with Gasteiger partial charge in [0.2, 0.25) is 5.95 Å². The van der Waals surface area contributed by atoms with Crippen molar-refractivity contribution in [1.82, 2.24) is 15.2 Å². The standard InChI is InChI=1S/C16H21FN4O/c1-2-3-4-5-10-18-16-19-15(22)14(20-21-16)11-12-6-8-13(17)9-7-12/h6-9H,2-5,10-11H2,1H3,(H2,18,19,21,22). The number of anilines is 1. The third-order valence-electron chi connectivity index (χ3n) is 3.37. The van der Waals surface area contributed by atoms with Gasteiger partial charge < -0.3 is 5.32 Å². The Kier molecular flexibility index (Phi) is 6.06. The van der Waals surface area contributed by atoms with Gasteiger partial charge in [-0.1, -0.05) is 38.3 Å². The van der Waals surface area contributed by atoms with Crippen molar-refractivity contribution in [2.45, 2.75) is 39.0 Å². The minimum absolute atomic E-state index is 0.268. The highest BCUT2D eigenvalue weighted by atomic mass is 19.1. The number of hydrogen-bond donors (Lipinski definition) is 2. The third kappa shape index (κ3) is 4.95. The number of hydrogen-bond acceptors (Lipinski definition) is 4. The molecule has 0 bridgehead atoms. The third-order valence-corrected chi connectivity index (χ3v) is 3.37. The number of halogens is 1. The molecule has 0 fully saturated rings. The molecule has 2 aromatic rings. The fraction of sp³-hybridized carbons (Fsp3) is 0.438. The van der Waals surface area contributed by atoms with E-state index in [1.807, 2.05) is 0 Å². The van der Waals surface area contributed by atoms with Gasteiger partial charge in [-0.05, 0) is 24.1 Å². The van der Waals surface area contributed by atoms with Crippen LogP contribution in [0, 0.1) is 5.82 Å². The van der Waals surface area contributed by atoms with Crippen LogP contribution in [0.25, 0.3) is 0 Å². The highest BCUT2D eigenvalue weighted by Gasteiger charge is 2.06. The lowest BCUT2D eigenvalue weighted by molar-refractivity contribution is 0.627. The van der Waals surface area contributed by atoms with Crippen LogP contribution in [0.3, 0.4) is 0 Å². The van der Waals surface area contributed by atoms with Crippen LogP contribution in [0.5, 0.6) is 0 Å². The minimum atomic E-state index is -0.300. The van der Waals surface area contributed by atoms with Crippen molar-refractivity contribution in [1.29, 1.82) is 0 Å². The van der Waals surface area contributed by atoms with Crippen LogP contribution >= 0.6 is 0 Å². The molecule has 6 heteroatoms. The summed E-state index contributed by atoms with van der Waals surface area (Å²) in [7, 11) is 0. The monoisotopic (exact) mass is 304 g/mol. The molecule has 1 heterocycles. The molecule has 22 heavy (non-hydrogen) atoms. The van der Waals surface area contributed by atoms with Crippen LogP contribution in [-0.2, 0) is 6.42 Å². The number of benzene rings is 1. The predicted molar refractivity (Wildman–Crippen MR) is 84.5 cm³/mol. The highest BCUT2D eigenvalue weighted by molar-refractivity contribution is 5.24. The van der Waals surface area contributed by atoms with Gasteiger partial charge in [0, 0.05) is 13.0 Å². The molecule has 0 aliphatic heterocycles. The Morgan fingerprint density at radius 3 is 2.59 bits per heavy atom. The molecule has 0 saturated carbocycles. The maximum absolute atomic E-state index is 12.8. The fourth-order valence-electron chi connectivity index (χ4n) is 2.11. The average molecular weight is 304 g/mol. The summed E-state index contributed by atoms with van der Waals surface area (Å²) in [5.74, 6) is 0.0933. The van der Waals surface area contributed by atoms with Gasteiger partial charge >= 0.3 is 0 Å². The van der Waals surface area contributed by atoms with Crippen molar-refractivity contribution >= 4 is 5.95 Å². The van der Waals surface area contributed by atoms with E-state index in [9.17, 15) is 9.18 Å². The van der Waals surface area contributed by atoms with Gasteiger partial charge in [0.1, 0.15) is 11.5 Å². The Morgan fingerprint density at radius 2 is 1.91 bits per heavy atom. The second-order valence-electron chi connectivity index (χ2n) is 5.24. The van der Waals surface area contributed by atoms with E-state index in [-0.39, 0.29) is 11.4 Å². The normalized spacial score (nSPS) is 10.6. The number of H-pyrrole nitrogens is 1. The quantitative estimate of drug-likeness (QED) is 0.736. The molecular weight excluding hydrogens is 283 g/mol. The number of nitrogens with zero attached hydrogens (tertiary/aromatic N) is 2. The maximum atomic E-state index is 12.8. The number of unbranched alkanes of at least 4 members (excludes halogenated alkanes) is 3. The van der Waals surface area contributed by atoms with Crippen molar-refractivity contribution in [3.63, 3.8) is 0 Å². The van der Waals surface area contributed by atoms with Gasteiger partial charge in [-0.2, -0.15) is 0 Å². The molecular formula is C16H21FN4O. The Labute approximate surface area is 129 Å². The predicted octanol–water partition coefficient (Wildman–Crippen LogP) is 2.89. The molecule has 0 amide bonds. The van der Waals surface area contributed by atoms with Gasteiger partial charge in [-0.25, -0.2) is 4.39 Å². The van der Waals surface area contributed by atoms with Crippen molar-refractivity contribution < 1.29 is 4.39 Å². The fourth-order valence-corrected chi connectivity index (χ4v) is 2.11. The van der Waals surface area contributed by atoms with E-state index in [4.69, 9.17) is 0 Å². The van der Waals surface area contributed by atoms with Gasteiger partial charge in [0.25, 0.3) is 5.56 Å². The molecule has 0 spiro atoms. The molecule has 0 radical (unpaired) electrons. The average Bonchev–Trinajstić information content (AvgIpc) is 2.52. The molecule has 0 aliphatic carbocycles. The first-order valence-electron chi connectivity index (χ1n) is 7.63. The summed E-state index contributed by atoms with van der Waals surface area (Å²) in [6.45, 7) is 2.93. The van der Waals surface area contributed by atoms with Crippen molar-refractivity contribution in [2.24, 2.45) is 0 Å². The van der Waals surface area contributed by atoms with E-state index in [0.717, 1.165) is 24.9 Å². The molecule has 2 rings (SSSR count). The van der Waals surface area contributed by atoms with Crippen LogP contribution in [0.4, 0.5) is 10.3 Å². The smallest absolute Gasteiger partial charge is 0.274 e. The Hall–Kier alpha value is -2.24. The number of aromatic amines is 1. The van der Waals surface area contributed by atoms with E-state index in [0.29, 0.717) is 18.1 Å². The molecule has 0 saturated heterocycles. The van der Waals surface area contributed by atoms with Crippen LogP contribution in [0.15, 0.2) is 29.1 Å². The molecule has 2 N–H and O–H groups in total. The van der Waals surface area contributed by atoms with E-state index in [1.165, 1.54) is 25.0 Å². The lowest BCUT2D eigenvalue weighted by Gasteiger charge is -2.05. The first-order valence-corrected chi connectivity index (χ1v) is 7.63. The molecule has 5 nitrogen and oxygen atoms in total. The van der Waals surface area contributed by atoms with E-state index >= 15 is 0 Å². The highest BCUT2D eigenvalue weighted by Crippen LogP contribution is 2.06. The topological polar surface area (TPSA) is 70.7 Å². The zero-order valence-corrected chi connectivity index (χ0v) is 12.7. The molecule has 118 valence electrons. The molecule has 0 atom stereocenters. The van der Waals surface area contributed by atoms with Crippen LogP contribution < -0.4 is 10.9 Å². The van der Waals surface area contributed by atoms with Crippen LogP contribution in [0.2, 0.25) is 0 Å². The molecule has 0 unspecified atom stereocenters. The summed E-state index contributed by atoms with van der Waals surface area (Å²) >= 11 is 0. The van der Waals surface area contributed by atoms with Crippen LogP contribution in [-0.4, -0.2) is 21.7 Å². The lowest BCUT2D eigenvalue weighted by Crippen LogP contribution is -2.20. The van der Waals surface area contributed by atoms with Gasteiger partial charge in [0.15, 0.2) is 0 Å². The van der Waals surface area contributed by atoms with Gasteiger partial charge in [-0.15, -0.1) is 10.2 Å². The first kappa shape index (κ1) is 16.1. The zero-order valence-electron chi connectivity index (χ0n) is 12.7. The summed E-state index contributed by atoms with van der Waals surface area (Å²) < 4.78 is 12.8. The number of aromatic nitrogens is 3. The minimum Gasteiger partial charge on any atom is -0.354 e. The molecule has 1 aromatic carbocycles. The van der Waals surface area contributed by atoms with E-state index in [1.54, 1.807) is 12.1 Å². The lowest BCUT2D eigenvalue weighted by atomic mass is 10.1. The maximum Gasteiger partial charge on any atom is 0.274 e. The molecule has 1 aromatic heterocycles. The Morgan fingerprint density at radius 1 is 1.14 bits per heavy atom. The largest absolute Gasteiger partial charge is 0.354 e. The van der Waals surface area contributed by atoms with E-state index in [2.05, 4.69) is 27.4 Å². The Balaban J connectivity index is 1.92. The van der Waals surface area contributed by atoms with Gasteiger partial charge in [-0.3, -0.25) is 9.78 Å². The Bertz CT molecular complexity index is 639. The summed E-state index contributed by atoms with van der Waals surface area (Å²) in [5, 5.41) is 11.0. The summed E-state index contributed by atoms with van der Waals surface area (Å²) in [4.78, 5) is 14.7.